The van der Waals surface area contributed by atoms with E-state index < -0.39 is 0 Å². The molecule has 1 fully saturated rings. The number of hydrogen-bond acceptors (Lipinski definition) is 7. The lowest BCUT2D eigenvalue weighted by molar-refractivity contribution is -0.125. The zero-order chi connectivity index (χ0) is 19.6. The Hall–Kier alpha value is -1.45. The normalized spacial score (nSPS) is 19.7. The first-order chi connectivity index (χ1) is 13.0. The van der Waals surface area contributed by atoms with Crippen LogP contribution in [0.2, 0.25) is 0 Å². The summed E-state index contributed by atoms with van der Waals surface area (Å²) >= 11 is 2.84. The fourth-order valence-corrected chi connectivity index (χ4v) is 4.75. The van der Waals surface area contributed by atoms with E-state index in [1.54, 1.807) is 6.08 Å². The van der Waals surface area contributed by atoms with Crippen LogP contribution in [-0.4, -0.2) is 59.3 Å². The minimum Gasteiger partial charge on any atom is -0.353 e. The number of nitrogens with zero attached hydrogens (tertiary/aromatic N) is 3. The molecule has 0 spiro atoms. The summed E-state index contributed by atoms with van der Waals surface area (Å²) < 4.78 is 0.784. The second-order valence-corrected chi connectivity index (χ2v) is 9.25. The second-order valence-electron chi connectivity index (χ2n) is 7.00. The molecular weight excluding hydrogens is 382 g/mol. The number of carbonyl (C=O) groups excluding carboxylic acids is 2. The van der Waals surface area contributed by atoms with Gasteiger partial charge in [-0.2, -0.15) is 0 Å². The van der Waals surface area contributed by atoms with Crippen LogP contribution in [0.3, 0.4) is 0 Å². The SMILES string of the molecule is C=CCSc1nnc(NC(=O)CCC(=O)NC2CCCCC2CN(C)C)s1. The highest BCUT2D eigenvalue weighted by atomic mass is 32.2. The second kappa shape index (κ2) is 11.4. The third-order valence-electron chi connectivity index (χ3n) is 4.41. The number of nitrogens with one attached hydrogen (secondary N) is 2. The molecule has 1 aromatic heterocycles. The molecule has 0 bridgehead atoms. The van der Waals surface area contributed by atoms with Crippen molar-refractivity contribution < 1.29 is 9.59 Å². The van der Waals surface area contributed by atoms with E-state index >= 15 is 0 Å². The van der Waals surface area contributed by atoms with Gasteiger partial charge < -0.3 is 15.5 Å². The summed E-state index contributed by atoms with van der Waals surface area (Å²) in [6, 6.07) is 0.212. The van der Waals surface area contributed by atoms with Crippen LogP contribution in [0.25, 0.3) is 0 Å². The first-order valence-corrected chi connectivity index (χ1v) is 11.1. The Labute approximate surface area is 169 Å². The largest absolute Gasteiger partial charge is 0.353 e. The maximum atomic E-state index is 12.3. The fourth-order valence-electron chi connectivity index (χ4n) is 3.22. The topological polar surface area (TPSA) is 87.2 Å². The molecule has 27 heavy (non-hydrogen) atoms. The summed E-state index contributed by atoms with van der Waals surface area (Å²) in [5.74, 6) is 0.966. The van der Waals surface area contributed by atoms with Crippen molar-refractivity contribution in [2.45, 2.75) is 48.9 Å². The molecule has 150 valence electrons. The Morgan fingerprint density at radius 2 is 2.00 bits per heavy atom. The number of thioether (sulfide) groups is 1. The molecule has 2 rings (SSSR count). The molecular formula is C18H29N5O2S2. The predicted molar refractivity (Wildman–Crippen MR) is 111 cm³/mol. The van der Waals surface area contributed by atoms with E-state index in [2.05, 4.69) is 46.4 Å². The molecule has 7 nitrogen and oxygen atoms in total. The zero-order valence-electron chi connectivity index (χ0n) is 16.1. The van der Waals surface area contributed by atoms with E-state index in [0.29, 0.717) is 11.0 Å². The number of hydrogen-bond donors (Lipinski definition) is 2. The molecule has 2 atom stereocenters. The van der Waals surface area contributed by atoms with Crippen LogP contribution in [0.1, 0.15) is 38.5 Å². The molecule has 2 amide bonds. The van der Waals surface area contributed by atoms with Gasteiger partial charge in [-0.1, -0.05) is 42.0 Å². The van der Waals surface area contributed by atoms with Crippen LogP contribution < -0.4 is 10.6 Å². The quantitative estimate of drug-likeness (QED) is 0.350. The standard InChI is InChI=1S/C18H29N5O2S2/c1-4-11-26-18-22-21-17(27-18)20-16(25)10-9-15(24)19-14-8-6-5-7-13(14)12-23(2)3/h4,13-14H,1,5-12H2,2-3H3,(H,19,24)(H,20,21,25). The van der Waals surface area contributed by atoms with E-state index in [1.165, 1.54) is 29.5 Å². The molecule has 0 aliphatic heterocycles. The summed E-state index contributed by atoms with van der Waals surface area (Å²) in [5, 5.41) is 14.3. The smallest absolute Gasteiger partial charge is 0.226 e. The minimum atomic E-state index is -0.213. The van der Waals surface area contributed by atoms with Gasteiger partial charge in [0.1, 0.15) is 0 Å². The molecule has 1 saturated carbocycles. The lowest BCUT2D eigenvalue weighted by atomic mass is 9.84. The minimum absolute atomic E-state index is 0.0553. The van der Waals surface area contributed by atoms with Crippen molar-refractivity contribution in [2.24, 2.45) is 5.92 Å². The van der Waals surface area contributed by atoms with E-state index in [9.17, 15) is 9.59 Å². The van der Waals surface area contributed by atoms with E-state index in [-0.39, 0.29) is 30.7 Å². The highest BCUT2D eigenvalue weighted by Gasteiger charge is 2.26. The highest BCUT2D eigenvalue weighted by Crippen LogP contribution is 2.26. The van der Waals surface area contributed by atoms with Crippen LogP contribution in [0.15, 0.2) is 17.0 Å². The van der Waals surface area contributed by atoms with Crippen molar-refractivity contribution in [3.05, 3.63) is 12.7 Å². The van der Waals surface area contributed by atoms with Gasteiger partial charge in [0.05, 0.1) is 0 Å². The molecule has 1 heterocycles. The lowest BCUT2D eigenvalue weighted by Gasteiger charge is -2.34. The summed E-state index contributed by atoms with van der Waals surface area (Å²) in [6.07, 6.45) is 6.66. The van der Waals surface area contributed by atoms with Crippen molar-refractivity contribution in [1.82, 2.24) is 20.4 Å². The average Bonchev–Trinajstić information content (AvgIpc) is 3.06. The van der Waals surface area contributed by atoms with Gasteiger partial charge in [-0.05, 0) is 32.9 Å². The zero-order valence-corrected chi connectivity index (χ0v) is 17.7. The number of aromatic nitrogens is 2. The Morgan fingerprint density at radius 3 is 2.74 bits per heavy atom. The van der Waals surface area contributed by atoms with Crippen LogP contribution in [0.5, 0.6) is 0 Å². The molecule has 1 aliphatic rings. The monoisotopic (exact) mass is 411 g/mol. The van der Waals surface area contributed by atoms with Gasteiger partial charge in [-0.25, -0.2) is 0 Å². The summed E-state index contributed by atoms with van der Waals surface area (Å²) in [6.45, 7) is 4.64. The van der Waals surface area contributed by atoms with Crippen LogP contribution in [-0.2, 0) is 9.59 Å². The summed E-state index contributed by atoms with van der Waals surface area (Å²) in [5.41, 5.74) is 0. The van der Waals surface area contributed by atoms with Crippen LogP contribution in [0, 0.1) is 5.92 Å². The van der Waals surface area contributed by atoms with Gasteiger partial charge in [-0.15, -0.1) is 16.8 Å². The third kappa shape index (κ3) is 7.98. The highest BCUT2D eigenvalue weighted by molar-refractivity contribution is 8.01. The third-order valence-corrected chi connectivity index (χ3v) is 6.38. The van der Waals surface area contributed by atoms with E-state index in [4.69, 9.17) is 0 Å². The Morgan fingerprint density at radius 1 is 1.26 bits per heavy atom. The number of rotatable bonds is 10. The Balaban J connectivity index is 1.73. The number of carbonyl (C=O) groups is 2. The van der Waals surface area contributed by atoms with Gasteiger partial charge in [0, 0.05) is 31.2 Å². The van der Waals surface area contributed by atoms with Crippen LogP contribution in [0.4, 0.5) is 5.13 Å². The van der Waals surface area contributed by atoms with E-state index in [1.807, 2.05) is 0 Å². The Bertz CT molecular complexity index is 635. The van der Waals surface area contributed by atoms with Gasteiger partial charge in [-0.3, -0.25) is 9.59 Å². The summed E-state index contributed by atoms with van der Waals surface area (Å²) in [7, 11) is 4.12. The Kier molecular flexibility index (Phi) is 9.23. The van der Waals surface area contributed by atoms with Gasteiger partial charge >= 0.3 is 0 Å². The first kappa shape index (κ1) is 21.8. The van der Waals surface area contributed by atoms with E-state index in [0.717, 1.165) is 35.9 Å². The number of amides is 2. The van der Waals surface area contributed by atoms with Crippen molar-refractivity contribution in [3.63, 3.8) is 0 Å². The fraction of sp³-hybridized carbons (Fsp3) is 0.667. The number of anilines is 1. The molecule has 1 aliphatic carbocycles. The van der Waals surface area contributed by atoms with Crippen LogP contribution >= 0.6 is 23.1 Å². The van der Waals surface area contributed by atoms with Crippen molar-refractivity contribution in [2.75, 3.05) is 31.7 Å². The average molecular weight is 412 g/mol. The van der Waals surface area contributed by atoms with Gasteiger partial charge in [0.15, 0.2) is 4.34 Å². The maximum Gasteiger partial charge on any atom is 0.226 e. The first-order valence-electron chi connectivity index (χ1n) is 9.29. The maximum absolute atomic E-state index is 12.3. The molecule has 2 unspecified atom stereocenters. The molecule has 9 heteroatoms. The molecule has 1 aromatic rings. The van der Waals surface area contributed by atoms with Gasteiger partial charge in [0.2, 0.25) is 16.9 Å². The van der Waals surface area contributed by atoms with Crippen molar-refractivity contribution in [1.29, 1.82) is 0 Å². The predicted octanol–water partition coefficient (Wildman–Crippen LogP) is 2.77. The lowest BCUT2D eigenvalue weighted by Crippen LogP contribution is -2.45. The van der Waals surface area contributed by atoms with Gasteiger partial charge in [0.25, 0.3) is 0 Å². The molecule has 0 saturated heterocycles. The molecule has 2 N–H and O–H groups in total. The molecule has 0 radical (unpaired) electrons. The van der Waals surface area contributed by atoms with Crippen molar-refractivity contribution in [3.8, 4) is 0 Å². The molecule has 0 aromatic carbocycles. The summed E-state index contributed by atoms with van der Waals surface area (Å²) in [4.78, 5) is 26.5. The van der Waals surface area contributed by atoms with Crippen molar-refractivity contribution >= 4 is 40.0 Å².